The molecule has 24 heavy (non-hydrogen) atoms. The summed E-state index contributed by atoms with van der Waals surface area (Å²) in [5, 5.41) is 1.06. The maximum atomic E-state index is 11.4. The average molecular weight is 376 g/mol. The Morgan fingerprint density at radius 3 is 2.88 bits per heavy atom. The van der Waals surface area contributed by atoms with Crippen LogP contribution in [0.5, 0.6) is 5.75 Å². The van der Waals surface area contributed by atoms with E-state index in [0.717, 1.165) is 26.0 Å². The zero-order valence-electron chi connectivity index (χ0n) is 13.8. The smallest absolute Gasteiger partial charge is 0.306 e. The highest BCUT2D eigenvalue weighted by Gasteiger charge is 2.20. The molecule has 2 rings (SSSR count). The van der Waals surface area contributed by atoms with Crippen LogP contribution in [0, 0.1) is 0 Å². The summed E-state index contributed by atoms with van der Waals surface area (Å²) in [7, 11) is 1.40. The topological polar surface area (TPSA) is 48.0 Å². The molecule has 1 fully saturated rings. The van der Waals surface area contributed by atoms with E-state index < -0.39 is 0 Å². The number of hydrogen-bond acceptors (Lipinski definition) is 5. The quantitative estimate of drug-likeness (QED) is 0.618. The third-order valence-electron chi connectivity index (χ3n) is 3.90. The Morgan fingerprint density at radius 1 is 1.38 bits per heavy atom. The minimum absolute atomic E-state index is 0.214. The summed E-state index contributed by atoms with van der Waals surface area (Å²) in [4.78, 5) is 13.5. The lowest BCUT2D eigenvalue weighted by Crippen LogP contribution is -2.37. The highest BCUT2D eigenvalue weighted by atomic mass is 35.5. The number of rotatable bonds is 9. The van der Waals surface area contributed by atoms with Gasteiger partial charge < -0.3 is 14.2 Å². The van der Waals surface area contributed by atoms with E-state index in [-0.39, 0.29) is 12.1 Å². The van der Waals surface area contributed by atoms with E-state index >= 15 is 0 Å². The standard InChI is InChI=1S/C17H23Cl2NO4/c1-22-17(21)6-7-20(12-14-3-2-9-23-14)8-10-24-16-5-4-13(18)11-15(16)19/h4-5,11,14H,2-3,6-10,12H2,1H3. The fourth-order valence-electron chi connectivity index (χ4n) is 2.60. The van der Waals surface area contributed by atoms with Crippen molar-refractivity contribution in [1.29, 1.82) is 0 Å². The molecular weight excluding hydrogens is 353 g/mol. The van der Waals surface area contributed by atoms with E-state index in [1.165, 1.54) is 7.11 Å². The number of carbonyl (C=O) groups excluding carboxylic acids is 1. The highest BCUT2D eigenvalue weighted by Crippen LogP contribution is 2.27. The fourth-order valence-corrected chi connectivity index (χ4v) is 3.06. The van der Waals surface area contributed by atoms with Crippen LogP contribution in [-0.4, -0.2) is 56.9 Å². The van der Waals surface area contributed by atoms with Crippen molar-refractivity contribution in [3.05, 3.63) is 28.2 Å². The molecule has 1 aliphatic rings. The fraction of sp³-hybridized carbons (Fsp3) is 0.588. The lowest BCUT2D eigenvalue weighted by atomic mass is 10.2. The molecule has 0 aliphatic carbocycles. The van der Waals surface area contributed by atoms with Crippen molar-refractivity contribution in [3.8, 4) is 5.75 Å². The van der Waals surface area contributed by atoms with Gasteiger partial charge in [-0.3, -0.25) is 9.69 Å². The first-order valence-corrected chi connectivity index (χ1v) is 8.82. The van der Waals surface area contributed by atoms with Gasteiger partial charge in [-0.1, -0.05) is 23.2 Å². The number of hydrogen-bond donors (Lipinski definition) is 0. The van der Waals surface area contributed by atoms with Crippen LogP contribution in [0.3, 0.4) is 0 Å². The maximum absolute atomic E-state index is 11.4. The molecule has 1 heterocycles. The number of ether oxygens (including phenoxy) is 3. The Morgan fingerprint density at radius 2 is 2.21 bits per heavy atom. The van der Waals surface area contributed by atoms with Gasteiger partial charge >= 0.3 is 5.97 Å². The van der Waals surface area contributed by atoms with Crippen molar-refractivity contribution in [2.45, 2.75) is 25.4 Å². The number of methoxy groups -OCH3 is 1. The molecule has 5 nitrogen and oxygen atoms in total. The molecule has 1 atom stereocenters. The van der Waals surface area contributed by atoms with E-state index in [2.05, 4.69) is 4.90 Å². The van der Waals surface area contributed by atoms with Crippen molar-refractivity contribution in [3.63, 3.8) is 0 Å². The molecule has 1 aliphatic heterocycles. The van der Waals surface area contributed by atoms with Gasteiger partial charge in [0.1, 0.15) is 12.4 Å². The molecule has 0 aromatic heterocycles. The van der Waals surface area contributed by atoms with E-state index in [4.69, 9.17) is 37.4 Å². The molecule has 0 bridgehead atoms. The molecule has 134 valence electrons. The first-order chi connectivity index (χ1) is 11.6. The average Bonchev–Trinajstić information content (AvgIpc) is 3.07. The third-order valence-corrected chi connectivity index (χ3v) is 4.44. The van der Waals surface area contributed by atoms with Gasteiger partial charge in [0.15, 0.2) is 0 Å². The SMILES string of the molecule is COC(=O)CCN(CCOc1ccc(Cl)cc1Cl)CC1CCCO1. The van der Waals surface area contributed by atoms with Crippen LogP contribution in [0.15, 0.2) is 18.2 Å². The van der Waals surface area contributed by atoms with Gasteiger partial charge in [-0.05, 0) is 31.0 Å². The van der Waals surface area contributed by atoms with Crippen molar-refractivity contribution >= 4 is 29.2 Å². The summed E-state index contributed by atoms with van der Waals surface area (Å²) < 4.78 is 16.1. The Kier molecular flexibility index (Phi) is 8.12. The third kappa shape index (κ3) is 6.48. The lowest BCUT2D eigenvalue weighted by molar-refractivity contribution is -0.141. The molecule has 0 amide bonds. The van der Waals surface area contributed by atoms with E-state index in [1.807, 2.05) is 0 Å². The van der Waals surface area contributed by atoms with Gasteiger partial charge in [0.05, 0.1) is 24.7 Å². The zero-order chi connectivity index (χ0) is 17.4. The predicted molar refractivity (Wildman–Crippen MR) is 94.0 cm³/mol. The first kappa shape index (κ1) is 19.3. The van der Waals surface area contributed by atoms with E-state index in [9.17, 15) is 4.79 Å². The molecule has 1 saturated heterocycles. The van der Waals surface area contributed by atoms with Crippen LogP contribution < -0.4 is 4.74 Å². The second-order valence-electron chi connectivity index (χ2n) is 5.68. The normalized spacial score (nSPS) is 17.2. The number of carbonyl (C=O) groups is 1. The van der Waals surface area contributed by atoms with Gasteiger partial charge in [0.2, 0.25) is 0 Å². The monoisotopic (exact) mass is 375 g/mol. The van der Waals surface area contributed by atoms with Crippen LogP contribution >= 0.6 is 23.2 Å². The van der Waals surface area contributed by atoms with E-state index in [1.54, 1.807) is 18.2 Å². The maximum Gasteiger partial charge on any atom is 0.306 e. The summed E-state index contributed by atoms with van der Waals surface area (Å²) in [6.07, 6.45) is 2.72. The Balaban J connectivity index is 1.82. The Bertz CT molecular complexity index is 535. The van der Waals surface area contributed by atoms with Crippen LogP contribution in [-0.2, 0) is 14.3 Å². The van der Waals surface area contributed by atoms with Gasteiger partial charge in [-0.2, -0.15) is 0 Å². The lowest BCUT2D eigenvalue weighted by Gasteiger charge is -2.24. The van der Waals surface area contributed by atoms with E-state index in [0.29, 0.717) is 41.9 Å². The first-order valence-electron chi connectivity index (χ1n) is 8.07. The largest absolute Gasteiger partial charge is 0.491 e. The molecule has 1 aromatic carbocycles. The molecular formula is C17H23Cl2NO4. The van der Waals surface area contributed by atoms with Crippen molar-refractivity contribution < 1.29 is 19.0 Å². The summed E-state index contributed by atoms with van der Waals surface area (Å²) in [5.74, 6) is 0.389. The second-order valence-corrected chi connectivity index (χ2v) is 6.53. The van der Waals surface area contributed by atoms with Crippen molar-refractivity contribution in [1.82, 2.24) is 4.90 Å². The Labute approximate surface area is 152 Å². The summed E-state index contributed by atoms with van der Waals surface area (Å²) in [5.41, 5.74) is 0. The number of esters is 1. The molecule has 7 heteroatoms. The number of nitrogens with zero attached hydrogens (tertiary/aromatic N) is 1. The highest BCUT2D eigenvalue weighted by molar-refractivity contribution is 6.35. The number of benzene rings is 1. The minimum Gasteiger partial charge on any atom is -0.491 e. The number of halogens is 2. The Hall–Kier alpha value is -1.01. The van der Waals surface area contributed by atoms with Crippen molar-refractivity contribution in [2.75, 3.05) is 40.0 Å². The van der Waals surface area contributed by atoms with Gasteiger partial charge in [-0.25, -0.2) is 0 Å². The second kappa shape index (κ2) is 10.1. The summed E-state index contributed by atoms with van der Waals surface area (Å²) >= 11 is 12.0. The summed E-state index contributed by atoms with van der Waals surface area (Å²) in [6, 6.07) is 5.15. The van der Waals surface area contributed by atoms with Crippen LogP contribution in [0.1, 0.15) is 19.3 Å². The van der Waals surface area contributed by atoms with Gasteiger partial charge in [0, 0.05) is 31.3 Å². The molecule has 0 radical (unpaired) electrons. The molecule has 1 unspecified atom stereocenters. The van der Waals surface area contributed by atoms with Crippen LogP contribution in [0.2, 0.25) is 10.0 Å². The van der Waals surface area contributed by atoms with Crippen molar-refractivity contribution in [2.24, 2.45) is 0 Å². The summed E-state index contributed by atoms with van der Waals surface area (Å²) in [6.45, 7) is 3.36. The molecule has 1 aromatic rings. The van der Waals surface area contributed by atoms with Crippen LogP contribution in [0.4, 0.5) is 0 Å². The molecule has 0 spiro atoms. The minimum atomic E-state index is -0.214. The predicted octanol–water partition coefficient (Wildman–Crippen LogP) is 3.42. The molecule has 0 saturated carbocycles. The molecule has 0 N–H and O–H groups in total. The van der Waals surface area contributed by atoms with Gasteiger partial charge in [0.25, 0.3) is 0 Å². The van der Waals surface area contributed by atoms with Crippen LogP contribution in [0.25, 0.3) is 0 Å². The zero-order valence-corrected chi connectivity index (χ0v) is 15.3. The van der Waals surface area contributed by atoms with Gasteiger partial charge in [-0.15, -0.1) is 0 Å².